The summed E-state index contributed by atoms with van der Waals surface area (Å²) in [5.41, 5.74) is -0.0160. The predicted molar refractivity (Wildman–Crippen MR) is 70.7 cm³/mol. The van der Waals surface area contributed by atoms with E-state index in [1.165, 1.54) is 19.1 Å². The van der Waals surface area contributed by atoms with Gasteiger partial charge in [-0.05, 0) is 12.1 Å². The number of carboxylic acid groups (broad SMARTS) is 1. The molecule has 0 amide bonds. The summed E-state index contributed by atoms with van der Waals surface area (Å²) in [5, 5.41) is 15.7. The minimum Gasteiger partial charge on any atom is -0.573 e. The SMILES string of the molecule is CC(=O)Oc1ccccc1C(=O)O.CO.[C-]=O.[C-]=O.[CH3-].[Mo+3]. The van der Waals surface area contributed by atoms with Gasteiger partial charge in [-0.2, -0.15) is 0 Å². The topological polar surface area (TPSA) is 118 Å². The van der Waals surface area contributed by atoms with Crippen molar-refractivity contribution in [1.29, 1.82) is 0 Å². The van der Waals surface area contributed by atoms with E-state index in [0.29, 0.717) is 0 Å². The molecule has 7 nitrogen and oxygen atoms in total. The van der Waals surface area contributed by atoms with Crippen molar-refractivity contribution < 1.29 is 55.2 Å². The van der Waals surface area contributed by atoms with Gasteiger partial charge in [0.15, 0.2) is 0 Å². The quantitative estimate of drug-likeness (QED) is 0.334. The molecular weight excluding hydrogens is 364 g/mol. The molecule has 0 aliphatic heterocycles. The largest absolute Gasteiger partial charge is 3.00 e. The Morgan fingerprint density at radius 1 is 1.05 bits per heavy atom. The van der Waals surface area contributed by atoms with Crippen molar-refractivity contribution in [3.05, 3.63) is 37.3 Å². The Balaban J connectivity index is -0.0000000951. The fourth-order valence-electron chi connectivity index (χ4n) is 0.887. The van der Waals surface area contributed by atoms with E-state index >= 15 is 0 Å². The summed E-state index contributed by atoms with van der Waals surface area (Å²) in [5.74, 6) is -1.58. The Hall–Kier alpha value is -1.85. The molecule has 0 aliphatic rings. The van der Waals surface area contributed by atoms with E-state index in [1.54, 1.807) is 12.1 Å². The molecule has 2 N–H and O–H groups in total. The Morgan fingerprint density at radius 2 is 1.43 bits per heavy atom. The zero-order valence-corrected chi connectivity index (χ0v) is 13.7. The third-order valence-electron chi connectivity index (χ3n) is 1.37. The Kier molecular flexibility index (Phi) is 34.9. The number of esters is 1. The molecule has 0 heterocycles. The molecule has 0 unspecified atom stereocenters. The number of ether oxygens (including phenoxy) is 1. The second-order valence-electron chi connectivity index (χ2n) is 2.39. The second kappa shape index (κ2) is 23.3. The number of carbonyl (C=O) groups is 2. The standard InChI is InChI=1S/C9H8O4.CH4O.2CO.CH3.Mo/c1-6(10)13-8-5-3-2-4-7(8)9(11)12;3*1-2;;/h2-5H,1H3,(H,11,12);2H,1H3;;;1H3;/q;;3*-1;+3. The molecule has 115 valence electrons. The normalized spacial score (nSPS) is 6.43. The van der Waals surface area contributed by atoms with Crippen molar-refractivity contribution in [2.24, 2.45) is 0 Å². The first-order valence-electron chi connectivity index (χ1n) is 4.47. The minimum absolute atomic E-state index is 0. The van der Waals surface area contributed by atoms with Gasteiger partial charge in [0.1, 0.15) is 11.3 Å². The molecule has 0 spiro atoms. The summed E-state index contributed by atoms with van der Waals surface area (Å²) in [7, 11) is 1.00. The third kappa shape index (κ3) is 16.1. The van der Waals surface area contributed by atoms with Crippen molar-refractivity contribution in [2.75, 3.05) is 7.11 Å². The molecule has 0 saturated carbocycles. The van der Waals surface area contributed by atoms with Crippen molar-refractivity contribution in [1.82, 2.24) is 0 Å². The van der Waals surface area contributed by atoms with Gasteiger partial charge < -0.3 is 45.5 Å². The molecule has 1 rings (SSSR count). The van der Waals surface area contributed by atoms with Gasteiger partial charge in [-0.1, -0.05) is 12.1 Å². The van der Waals surface area contributed by atoms with Gasteiger partial charge in [0.25, 0.3) is 0 Å². The minimum atomic E-state index is -1.11. The van der Waals surface area contributed by atoms with E-state index in [0.717, 1.165) is 7.11 Å². The molecule has 8 heteroatoms. The molecule has 1 aromatic rings. The van der Waals surface area contributed by atoms with E-state index in [2.05, 4.69) is 18.3 Å². The summed E-state index contributed by atoms with van der Waals surface area (Å²) in [4.78, 5) is 36.2. The van der Waals surface area contributed by atoms with Gasteiger partial charge in [0.05, 0.1) is 0 Å². The molecule has 0 saturated heterocycles. The maximum atomic E-state index is 10.6. The van der Waals surface area contributed by atoms with Crippen LogP contribution < -0.4 is 4.74 Å². The number of rotatable bonds is 2. The van der Waals surface area contributed by atoms with Crippen LogP contribution in [0.5, 0.6) is 5.75 Å². The first-order chi connectivity index (χ1) is 9.11. The smallest absolute Gasteiger partial charge is 0.573 e. The number of hydrogen-bond donors (Lipinski definition) is 2. The molecule has 1 aromatic carbocycles. The van der Waals surface area contributed by atoms with Gasteiger partial charge in [-0.15, -0.1) is 0 Å². The number of hydrogen-bond acceptors (Lipinski definition) is 6. The summed E-state index contributed by atoms with van der Waals surface area (Å²) in [6.07, 6.45) is 0. The van der Waals surface area contributed by atoms with E-state index in [4.69, 9.17) is 19.8 Å². The van der Waals surface area contributed by atoms with Gasteiger partial charge in [-0.3, -0.25) is 4.79 Å². The van der Waals surface area contributed by atoms with Crippen molar-refractivity contribution in [3.63, 3.8) is 0 Å². The number of benzene rings is 1. The molecule has 0 fully saturated rings. The number of para-hydroxylation sites is 1. The molecular formula is C13H15MoO7. The first kappa shape index (κ1) is 31.5. The summed E-state index contributed by atoms with van der Waals surface area (Å²) in [6, 6.07) is 5.98. The van der Waals surface area contributed by atoms with Crippen LogP contribution >= 0.6 is 0 Å². The van der Waals surface area contributed by atoms with E-state index in [-0.39, 0.29) is 39.8 Å². The van der Waals surface area contributed by atoms with Crippen LogP contribution in [0.4, 0.5) is 0 Å². The van der Waals surface area contributed by atoms with E-state index in [9.17, 15) is 9.59 Å². The van der Waals surface area contributed by atoms with Crippen LogP contribution in [0, 0.1) is 7.43 Å². The van der Waals surface area contributed by atoms with E-state index < -0.39 is 11.9 Å². The number of carboxylic acids is 1. The fourth-order valence-corrected chi connectivity index (χ4v) is 0.887. The predicted octanol–water partition coefficient (Wildman–Crippen LogP) is 0.572. The van der Waals surface area contributed by atoms with Crippen molar-refractivity contribution in [3.8, 4) is 5.75 Å². The maximum Gasteiger partial charge on any atom is 3.00 e. The van der Waals surface area contributed by atoms with Gasteiger partial charge in [0, 0.05) is 14.0 Å². The monoisotopic (exact) mass is 381 g/mol. The zero-order valence-electron chi connectivity index (χ0n) is 11.7. The summed E-state index contributed by atoms with van der Waals surface area (Å²) >= 11 is 0. The molecule has 21 heavy (non-hydrogen) atoms. The van der Waals surface area contributed by atoms with Gasteiger partial charge in [-0.25, -0.2) is 4.79 Å². The zero-order chi connectivity index (χ0) is 15.8. The number of aliphatic hydroxyl groups is 1. The molecule has 0 bridgehead atoms. The Bertz CT molecular complexity index is 381. The molecule has 0 atom stereocenters. The van der Waals surface area contributed by atoms with E-state index in [1.807, 2.05) is 0 Å². The van der Waals surface area contributed by atoms with Gasteiger partial charge in [0.2, 0.25) is 0 Å². The summed E-state index contributed by atoms with van der Waals surface area (Å²) < 4.78 is 4.69. The van der Waals surface area contributed by atoms with Crippen molar-refractivity contribution >= 4 is 25.5 Å². The van der Waals surface area contributed by atoms with Crippen LogP contribution in [0.25, 0.3) is 0 Å². The van der Waals surface area contributed by atoms with Gasteiger partial charge >= 0.3 is 33.0 Å². The van der Waals surface area contributed by atoms with Crippen LogP contribution in [0.3, 0.4) is 0 Å². The molecule has 0 aromatic heterocycles. The Labute approximate surface area is 138 Å². The first-order valence-corrected chi connectivity index (χ1v) is 4.47. The average Bonchev–Trinajstić information content (AvgIpc) is 2.45. The van der Waals surface area contributed by atoms with Crippen LogP contribution in [0.2, 0.25) is 0 Å². The maximum absolute atomic E-state index is 10.6. The second-order valence-corrected chi connectivity index (χ2v) is 2.39. The van der Waals surface area contributed by atoms with Crippen LogP contribution in [-0.2, 0) is 35.4 Å². The van der Waals surface area contributed by atoms with Crippen LogP contribution in [0.15, 0.2) is 24.3 Å². The average molecular weight is 379 g/mol. The van der Waals surface area contributed by atoms with Crippen LogP contribution in [0.1, 0.15) is 17.3 Å². The third-order valence-corrected chi connectivity index (χ3v) is 1.37. The Morgan fingerprint density at radius 3 is 1.76 bits per heavy atom. The summed E-state index contributed by atoms with van der Waals surface area (Å²) in [6.45, 7) is 10.2. The number of carbonyl (C=O) groups excluding carboxylic acids is 3. The van der Waals surface area contributed by atoms with Crippen LogP contribution in [-0.4, -0.2) is 42.8 Å². The molecule has 3 radical (unpaired) electrons. The fraction of sp³-hybridized carbons (Fsp3) is 0.154. The number of aromatic carboxylic acids is 1. The molecule has 0 aliphatic carbocycles. The number of aliphatic hydroxyl groups excluding tert-OH is 1. The van der Waals surface area contributed by atoms with Crippen molar-refractivity contribution in [2.45, 2.75) is 6.92 Å².